The monoisotopic (exact) mass is 282 g/mol. The van der Waals surface area contributed by atoms with Crippen LogP contribution >= 0.6 is 0 Å². The third kappa shape index (κ3) is 3.66. The normalized spacial score (nSPS) is 11.1. The molecular weight excluding hydrogens is 266 g/mol. The molecule has 1 N–H and O–H groups in total. The van der Waals surface area contributed by atoms with Crippen molar-refractivity contribution in [3.05, 3.63) is 36.4 Å². The molecule has 1 heterocycles. The Bertz CT molecular complexity index is 540. The summed E-state index contributed by atoms with van der Waals surface area (Å²) < 4.78 is 30.1. The molecule has 0 amide bonds. The van der Waals surface area contributed by atoms with Crippen molar-refractivity contribution in [2.45, 2.75) is 33.0 Å². The van der Waals surface area contributed by atoms with Crippen LogP contribution in [0.25, 0.3) is 0 Å². The van der Waals surface area contributed by atoms with Crippen LogP contribution in [0.2, 0.25) is 0 Å². The number of ether oxygens (including phenoxy) is 1. The van der Waals surface area contributed by atoms with E-state index in [1.807, 2.05) is 18.5 Å². The molecule has 0 aliphatic carbocycles. The smallest absolute Gasteiger partial charge is 0.387 e. The maximum absolute atomic E-state index is 12.0. The highest BCUT2D eigenvalue weighted by atomic mass is 19.3. The second kappa shape index (κ2) is 6.31. The molecule has 0 aliphatic heterocycles. The number of nitrogens with zero attached hydrogens (tertiary/aromatic N) is 3. The number of alkyl halides is 2. The highest BCUT2D eigenvalue weighted by Gasteiger charge is 2.07. The largest absolute Gasteiger partial charge is 0.435 e. The summed E-state index contributed by atoms with van der Waals surface area (Å²) in [7, 11) is 0. The van der Waals surface area contributed by atoms with Gasteiger partial charge in [-0.2, -0.15) is 13.9 Å². The van der Waals surface area contributed by atoms with E-state index in [1.54, 1.807) is 12.1 Å². The van der Waals surface area contributed by atoms with E-state index in [0.29, 0.717) is 6.54 Å². The summed E-state index contributed by atoms with van der Waals surface area (Å²) in [4.78, 5) is 4.17. The molecule has 108 valence electrons. The molecule has 0 aliphatic rings. The Labute approximate surface area is 115 Å². The molecule has 0 fully saturated rings. The Morgan fingerprint density at radius 3 is 2.55 bits per heavy atom. The fraction of sp³-hybridized carbons (Fsp3) is 0.385. The van der Waals surface area contributed by atoms with Gasteiger partial charge in [0.05, 0.1) is 6.54 Å². The molecule has 1 aromatic carbocycles. The van der Waals surface area contributed by atoms with Gasteiger partial charge in [0.2, 0.25) is 0 Å². The lowest BCUT2D eigenvalue weighted by Gasteiger charge is -2.11. The van der Waals surface area contributed by atoms with Crippen LogP contribution in [0.4, 0.5) is 14.5 Å². The van der Waals surface area contributed by atoms with E-state index >= 15 is 0 Å². The predicted molar refractivity (Wildman–Crippen MR) is 70.8 cm³/mol. The fourth-order valence-corrected chi connectivity index (χ4v) is 1.77. The maximum atomic E-state index is 12.0. The third-order valence-corrected chi connectivity index (χ3v) is 2.67. The molecule has 20 heavy (non-hydrogen) atoms. The van der Waals surface area contributed by atoms with Crippen LogP contribution < -0.4 is 10.1 Å². The minimum absolute atomic E-state index is 0.135. The van der Waals surface area contributed by atoms with Crippen LogP contribution in [0.15, 0.2) is 30.6 Å². The van der Waals surface area contributed by atoms with Crippen LogP contribution in [-0.2, 0) is 6.54 Å². The number of anilines is 1. The first-order chi connectivity index (χ1) is 9.56. The van der Waals surface area contributed by atoms with Gasteiger partial charge in [-0.3, -0.25) is 0 Å². The van der Waals surface area contributed by atoms with Crippen LogP contribution in [0.5, 0.6) is 5.75 Å². The van der Waals surface area contributed by atoms with Gasteiger partial charge in [-0.05, 0) is 38.1 Å². The molecule has 2 rings (SSSR count). The zero-order valence-corrected chi connectivity index (χ0v) is 11.3. The minimum Gasteiger partial charge on any atom is -0.435 e. The van der Waals surface area contributed by atoms with Gasteiger partial charge in [0.15, 0.2) is 0 Å². The number of hydrogen-bond donors (Lipinski definition) is 1. The molecule has 7 heteroatoms. The van der Waals surface area contributed by atoms with E-state index in [-0.39, 0.29) is 11.8 Å². The van der Waals surface area contributed by atoms with Crippen molar-refractivity contribution in [3.63, 3.8) is 0 Å². The van der Waals surface area contributed by atoms with Crippen molar-refractivity contribution < 1.29 is 13.5 Å². The molecule has 0 saturated carbocycles. The number of hydrogen-bond acceptors (Lipinski definition) is 4. The summed E-state index contributed by atoms with van der Waals surface area (Å²) in [5.74, 6) is 0.948. The van der Waals surface area contributed by atoms with E-state index in [4.69, 9.17) is 0 Å². The number of halogens is 2. The lowest BCUT2D eigenvalue weighted by atomic mass is 10.3. The number of aromatic nitrogens is 3. The van der Waals surface area contributed by atoms with Crippen LogP contribution in [-0.4, -0.2) is 21.4 Å². The van der Waals surface area contributed by atoms with Gasteiger partial charge >= 0.3 is 6.61 Å². The summed E-state index contributed by atoms with van der Waals surface area (Å²) in [5.41, 5.74) is 0.796. The van der Waals surface area contributed by atoms with Gasteiger partial charge in [-0.15, -0.1) is 0 Å². The van der Waals surface area contributed by atoms with Crippen molar-refractivity contribution >= 4 is 5.69 Å². The molecule has 0 bridgehead atoms. The van der Waals surface area contributed by atoms with Crippen molar-refractivity contribution in [1.82, 2.24) is 14.8 Å². The Hall–Kier alpha value is -2.18. The Kier molecular flexibility index (Phi) is 4.49. The van der Waals surface area contributed by atoms with Gasteiger partial charge in [0.1, 0.15) is 17.9 Å². The van der Waals surface area contributed by atoms with Crippen molar-refractivity contribution in [2.75, 3.05) is 5.32 Å². The van der Waals surface area contributed by atoms with E-state index in [9.17, 15) is 8.78 Å². The summed E-state index contributed by atoms with van der Waals surface area (Å²) in [5, 5.41) is 7.29. The fourth-order valence-electron chi connectivity index (χ4n) is 1.77. The molecule has 0 atom stereocenters. The highest BCUT2D eigenvalue weighted by molar-refractivity contribution is 5.46. The quantitative estimate of drug-likeness (QED) is 0.884. The molecule has 1 aromatic heterocycles. The van der Waals surface area contributed by atoms with Gasteiger partial charge < -0.3 is 10.1 Å². The number of nitrogens with one attached hydrogen (secondary N) is 1. The molecular formula is C13H16F2N4O. The SMILES string of the molecule is CC(C)n1ncnc1CNc1ccc(OC(F)F)cc1. The van der Waals surface area contributed by atoms with Crippen molar-refractivity contribution in [2.24, 2.45) is 0 Å². The highest BCUT2D eigenvalue weighted by Crippen LogP contribution is 2.18. The van der Waals surface area contributed by atoms with Crippen LogP contribution in [0.3, 0.4) is 0 Å². The molecule has 0 radical (unpaired) electrons. The summed E-state index contributed by atoms with van der Waals surface area (Å²) in [6, 6.07) is 6.56. The van der Waals surface area contributed by atoms with E-state index in [1.165, 1.54) is 18.5 Å². The average molecular weight is 282 g/mol. The molecule has 2 aromatic rings. The van der Waals surface area contributed by atoms with Crippen LogP contribution in [0, 0.1) is 0 Å². The summed E-state index contributed by atoms with van der Waals surface area (Å²) in [6.07, 6.45) is 1.51. The van der Waals surface area contributed by atoms with Crippen molar-refractivity contribution in [3.8, 4) is 5.75 Å². The van der Waals surface area contributed by atoms with E-state index in [2.05, 4.69) is 20.1 Å². The zero-order valence-electron chi connectivity index (χ0n) is 11.3. The third-order valence-electron chi connectivity index (χ3n) is 2.67. The number of rotatable bonds is 6. The van der Waals surface area contributed by atoms with Crippen molar-refractivity contribution in [1.29, 1.82) is 0 Å². The van der Waals surface area contributed by atoms with E-state index in [0.717, 1.165) is 11.5 Å². The first kappa shape index (κ1) is 14.2. The first-order valence-electron chi connectivity index (χ1n) is 6.23. The lowest BCUT2D eigenvalue weighted by Crippen LogP contribution is -2.12. The molecule has 0 spiro atoms. The van der Waals surface area contributed by atoms with Gasteiger partial charge in [-0.1, -0.05) is 0 Å². The van der Waals surface area contributed by atoms with Gasteiger partial charge in [-0.25, -0.2) is 9.67 Å². The minimum atomic E-state index is -2.81. The second-order valence-electron chi connectivity index (χ2n) is 4.47. The maximum Gasteiger partial charge on any atom is 0.387 e. The molecule has 0 unspecified atom stereocenters. The standard InChI is InChI=1S/C13H16F2N4O/c1-9(2)19-12(17-8-18-19)7-16-10-3-5-11(6-4-10)20-13(14)15/h3-6,8-9,13,16H,7H2,1-2H3. The lowest BCUT2D eigenvalue weighted by molar-refractivity contribution is -0.0498. The summed E-state index contributed by atoms with van der Waals surface area (Å²) in [6.45, 7) is 1.75. The molecule has 0 saturated heterocycles. The topological polar surface area (TPSA) is 52.0 Å². The average Bonchev–Trinajstić information content (AvgIpc) is 2.86. The Morgan fingerprint density at radius 2 is 1.95 bits per heavy atom. The second-order valence-corrected chi connectivity index (χ2v) is 4.47. The zero-order chi connectivity index (χ0) is 14.5. The molecule has 5 nitrogen and oxygen atoms in total. The van der Waals surface area contributed by atoms with Gasteiger partial charge in [0.25, 0.3) is 0 Å². The van der Waals surface area contributed by atoms with Crippen LogP contribution in [0.1, 0.15) is 25.7 Å². The first-order valence-corrected chi connectivity index (χ1v) is 6.23. The predicted octanol–water partition coefficient (Wildman–Crippen LogP) is 3.07. The number of benzene rings is 1. The van der Waals surface area contributed by atoms with E-state index < -0.39 is 6.61 Å². The van der Waals surface area contributed by atoms with Gasteiger partial charge in [0, 0.05) is 11.7 Å². The Balaban J connectivity index is 1.95. The Morgan fingerprint density at radius 1 is 1.25 bits per heavy atom. The summed E-state index contributed by atoms with van der Waals surface area (Å²) >= 11 is 0.